The fourth-order valence-corrected chi connectivity index (χ4v) is 4.12. The van der Waals surface area contributed by atoms with Crippen LogP contribution in [-0.2, 0) is 14.4 Å². The van der Waals surface area contributed by atoms with Crippen LogP contribution in [-0.4, -0.2) is 29.2 Å². The third-order valence-electron chi connectivity index (χ3n) is 6.11. The highest BCUT2D eigenvalue weighted by molar-refractivity contribution is 6.07. The number of nitrogens with zero attached hydrogens (tertiary/aromatic N) is 1. The van der Waals surface area contributed by atoms with Gasteiger partial charge in [0.15, 0.2) is 0 Å². The Hall–Kier alpha value is -2.17. The van der Waals surface area contributed by atoms with Crippen LogP contribution in [0.15, 0.2) is 24.3 Å². The summed E-state index contributed by atoms with van der Waals surface area (Å²) in [6, 6.07) is 7.44. The first-order chi connectivity index (χ1) is 11.2. The van der Waals surface area contributed by atoms with Gasteiger partial charge in [0.1, 0.15) is 6.54 Å². The maximum Gasteiger partial charge on any atom is 0.244 e. The van der Waals surface area contributed by atoms with E-state index in [1.54, 1.807) is 6.07 Å². The summed E-state index contributed by atoms with van der Waals surface area (Å²) in [6.07, 6.45) is 1.41. The molecule has 2 fully saturated rings. The lowest BCUT2D eigenvalue weighted by Crippen LogP contribution is -2.60. The molecule has 2 aliphatic rings. The Morgan fingerprint density at radius 1 is 1.29 bits per heavy atom. The van der Waals surface area contributed by atoms with Crippen LogP contribution in [0, 0.1) is 23.7 Å². The molecule has 24 heavy (non-hydrogen) atoms. The predicted octanol–water partition coefficient (Wildman–Crippen LogP) is 2.74. The Balaban J connectivity index is 1.77. The van der Waals surface area contributed by atoms with Gasteiger partial charge in [0, 0.05) is 11.6 Å². The van der Waals surface area contributed by atoms with Crippen LogP contribution in [0.5, 0.6) is 0 Å². The second-order valence-corrected chi connectivity index (χ2v) is 7.79. The van der Waals surface area contributed by atoms with E-state index in [0.29, 0.717) is 18.5 Å². The molecule has 0 spiro atoms. The normalized spacial score (nSPS) is 28.2. The van der Waals surface area contributed by atoms with Crippen molar-refractivity contribution in [2.75, 3.05) is 11.9 Å². The highest BCUT2D eigenvalue weighted by atomic mass is 16.2. The monoisotopic (exact) mass is 328 g/mol. The zero-order valence-corrected chi connectivity index (χ0v) is 14.7. The van der Waals surface area contributed by atoms with E-state index in [1.165, 1.54) is 0 Å². The standard InChI is InChI=1S/C19H24N2O3/c1-12-6-5-7-13(10-12)20-15(22)11-21-16(23)14-8-9-19(4,17(21)24)18(14,2)3/h5-7,10,14H,8-9,11H2,1-4H3,(H,20,22). The zero-order valence-electron chi connectivity index (χ0n) is 14.7. The van der Waals surface area contributed by atoms with Gasteiger partial charge in [-0.05, 0) is 42.9 Å². The molecular formula is C19H24N2O3. The predicted molar refractivity (Wildman–Crippen MR) is 91.1 cm³/mol. The molecule has 1 aliphatic heterocycles. The number of aryl methyl sites for hydroxylation is 1. The molecule has 3 amide bonds. The second kappa shape index (κ2) is 5.43. The van der Waals surface area contributed by atoms with Crippen molar-refractivity contribution in [1.82, 2.24) is 4.90 Å². The highest BCUT2D eigenvalue weighted by Gasteiger charge is 2.64. The molecule has 1 saturated carbocycles. The maximum absolute atomic E-state index is 12.9. The number of piperidine rings is 1. The number of fused-ring (bicyclic) bond motifs is 2. The molecular weight excluding hydrogens is 304 g/mol. The minimum Gasteiger partial charge on any atom is -0.325 e. The van der Waals surface area contributed by atoms with Crippen molar-refractivity contribution in [2.24, 2.45) is 16.7 Å². The number of nitrogens with one attached hydrogen (secondary N) is 1. The van der Waals surface area contributed by atoms with Gasteiger partial charge in [0.25, 0.3) is 0 Å². The molecule has 1 aliphatic carbocycles. The summed E-state index contributed by atoms with van der Waals surface area (Å²) in [5.74, 6) is -0.956. The molecule has 5 heteroatoms. The summed E-state index contributed by atoms with van der Waals surface area (Å²) in [5.41, 5.74) is 0.775. The first-order valence-corrected chi connectivity index (χ1v) is 8.39. The minimum atomic E-state index is -0.574. The van der Waals surface area contributed by atoms with Crippen molar-refractivity contribution in [3.8, 4) is 0 Å². The molecule has 1 aromatic carbocycles. The Morgan fingerprint density at radius 2 is 2.00 bits per heavy atom. The molecule has 0 radical (unpaired) electrons. The Labute approximate surface area is 142 Å². The fraction of sp³-hybridized carbons (Fsp3) is 0.526. The lowest BCUT2D eigenvalue weighted by atomic mass is 9.62. The van der Waals surface area contributed by atoms with Gasteiger partial charge in [0.2, 0.25) is 17.7 Å². The van der Waals surface area contributed by atoms with Gasteiger partial charge in [-0.25, -0.2) is 0 Å². The number of imide groups is 1. The van der Waals surface area contributed by atoms with Crippen LogP contribution in [0.2, 0.25) is 0 Å². The molecule has 0 aromatic heterocycles. The van der Waals surface area contributed by atoms with E-state index in [2.05, 4.69) is 5.32 Å². The van der Waals surface area contributed by atoms with Gasteiger partial charge in [-0.15, -0.1) is 0 Å². The third-order valence-corrected chi connectivity index (χ3v) is 6.11. The lowest BCUT2D eigenvalue weighted by molar-refractivity contribution is -0.168. The molecule has 1 saturated heterocycles. The van der Waals surface area contributed by atoms with E-state index < -0.39 is 5.41 Å². The number of carbonyl (C=O) groups excluding carboxylic acids is 3. The highest BCUT2D eigenvalue weighted by Crippen LogP contribution is 2.59. The van der Waals surface area contributed by atoms with Gasteiger partial charge < -0.3 is 5.32 Å². The van der Waals surface area contributed by atoms with Gasteiger partial charge >= 0.3 is 0 Å². The molecule has 3 rings (SSSR count). The SMILES string of the molecule is Cc1cccc(NC(=O)CN2C(=O)C3CCC(C)(C2=O)C3(C)C)c1. The number of likely N-dealkylation sites (tertiary alicyclic amines) is 1. The van der Waals surface area contributed by atoms with Crippen molar-refractivity contribution in [3.05, 3.63) is 29.8 Å². The Kier molecular flexibility index (Phi) is 3.78. The van der Waals surface area contributed by atoms with Crippen molar-refractivity contribution in [3.63, 3.8) is 0 Å². The van der Waals surface area contributed by atoms with Gasteiger partial charge in [-0.1, -0.05) is 32.9 Å². The van der Waals surface area contributed by atoms with Crippen LogP contribution >= 0.6 is 0 Å². The molecule has 128 valence electrons. The number of hydrogen-bond donors (Lipinski definition) is 1. The van der Waals surface area contributed by atoms with Crippen molar-refractivity contribution in [1.29, 1.82) is 0 Å². The van der Waals surface area contributed by atoms with Crippen molar-refractivity contribution < 1.29 is 14.4 Å². The molecule has 5 nitrogen and oxygen atoms in total. The lowest BCUT2D eigenvalue weighted by Gasteiger charge is -2.47. The van der Waals surface area contributed by atoms with E-state index in [0.717, 1.165) is 10.5 Å². The van der Waals surface area contributed by atoms with Crippen LogP contribution < -0.4 is 5.32 Å². The van der Waals surface area contributed by atoms with Crippen LogP contribution in [0.1, 0.15) is 39.2 Å². The molecule has 2 unspecified atom stereocenters. The minimum absolute atomic E-state index is 0.188. The summed E-state index contributed by atoms with van der Waals surface area (Å²) >= 11 is 0. The van der Waals surface area contributed by atoms with E-state index in [9.17, 15) is 14.4 Å². The number of amides is 3. The number of carbonyl (C=O) groups is 3. The average molecular weight is 328 g/mol. The molecule has 1 heterocycles. The number of benzene rings is 1. The second-order valence-electron chi connectivity index (χ2n) is 7.79. The van der Waals surface area contributed by atoms with E-state index in [4.69, 9.17) is 0 Å². The van der Waals surface area contributed by atoms with E-state index >= 15 is 0 Å². The maximum atomic E-state index is 12.9. The van der Waals surface area contributed by atoms with Crippen LogP contribution in [0.4, 0.5) is 5.69 Å². The summed E-state index contributed by atoms with van der Waals surface area (Å²) in [6.45, 7) is 7.63. The number of rotatable bonds is 3. The molecule has 2 atom stereocenters. The zero-order chi connectivity index (χ0) is 17.7. The summed E-state index contributed by atoms with van der Waals surface area (Å²) in [5, 5.41) is 2.77. The van der Waals surface area contributed by atoms with Gasteiger partial charge in [-0.2, -0.15) is 0 Å². The summed E-state index contributed by atoms with van der Waals surface area (Å²) in [7, 11) is 0. The quantitative estimate of drug-likeness (QED) is 0.868. The molecule has 2 bridgehead atoms. The van der Waals surface area contributed by atoms with Crippen molar-refractivity contribution >= 4 is 23.4 Å². The number of anilines is 1. The molecule has 1 aromatic rings. The first kappa shape index (κ1) is 16.7. The Bertz CT molecular complexity index is 725. The summed E-state index contributed by atoms with van der Waals surface area (Å²) < 4.78 is 0. The topological polar surface area (TPSA) is 66.5 Å². The van der Waals surface area contributed by atoms with Crippen molar-refractivity contribution in [2.45, 2.75) is 40.5 Å². The smallest absolute Gasteiger partial charge is 0.244 e. The van der Waals surface area contributed by atoms with E-state index in [1.807, 2.05) is 45.9 Å². The fourth-order valence-electron chi connectivity index (χ4n) is 4.12. The first-order valence-electron chi connectivity index (χ1n) is 8.39. The van der Waals surface area contributed by atoms with Gasteiger partial charge in [-0.3, -0.25) is 19.3 Å². The Morgan fingerprint density at radius 3 is 2.67 bits per heavy atom. The number of hydrogen-bond acceptors (Lipinski definition) is 3. The van der Waals surface area contributed by atoms with Gasteiger partial charge in [0.05, 0.1) is 5.41 Å². The summed E-state index contributed by atoms with van der Waals surface area (Å²) in [4.78, 5) is 39.1. The largest absolute Gasteiger partial charge is 0.325 e. The average Bonchev–Trinajstić information content (AvgIpc) is 2.69. The molecule has 1 N–H and O–H groups in total. The van der Waals surface area contributed by atoms with Crippen LogP contribution in [0.25, 0.3) is 0 Å². The van der Waals surface area contributed by atoms with E-state index in [-0.39, 0.29) is 35.6 Å². The van der Waals surface area contributed by atoms with Crippen LogP contribution in [0.3, 0.4) is 0 Å². The third kappa shape index (κ3) is 2.34.